The van der Waals surface area contributed by atoms with Gasteiger partial charge in [0.2, 0.25) is 0 Å². The number of benzene rings is 23. The van der Waals surface area contributed by atoms with Gasteiger partial charge in [-0.1, -0.05) is 376 Å². The number of aromatic nitrogens is 2. The van der Waals surface area contributed by atoms with Crippen molar-refractivity contribution >= 4 is 224 Å². The molecule has 0 amide bonds. The van der Waals surface area contributed by atoms with Gasteiger partial charge in [0.15, 0.2) is 0 Å². The molecule has 6 heteroatoms. The average molecular weight is 1770 g/mol. The van der Waals surface area contributed by atoms with Gasteiger partial charge in [-0.3, -0.25) is 0 Å². The van der Waals surface area contributed by atoms with E-state index in [0.29, 0.717) is 0 Å². The van der Waals surface area contributed by atoms with E-state index in [0.717, 1.165) is 5.69 Å². The average Bonchev–Trinajstić information content (AvgIpc) is 1.42. The van der Waals surface area contributed by atoms with Gasteiger partial charge in [0.25, 0.3) is 0 Å². The first-order valence-electron chi connectivity index (χ1n) is 45.9. The van der Waals surface area contributed by atoms with E-state index in [1.807, 2.05) is 45.3 Å². The second-order valence-electron chi connectivity index (χ2n) is 35.4. The molecule has 134 heavy (non-hydrogen) atoms. The highest BCUT2D eigenvalue weighted by molar-refractivity contribution is 7.27. The molecule has 0 bridgehead atoms. The molecular weight excluding hydrogens is 1690 g/mol. The Morgan fingerprint density at radius 1 is 0.142 bits per heavy atom. The molecule has 0 aliphatic rings. The molecule has 6 heterocycles. The largest absolute Gasteiger partial charge is 0.309 e. The highest BCUT2D eigenvalue weighted by atomic mass is 32.1. The second kappa shape index (κ2) is 30.7. The van der Waals surface area contributed by atoms with E-state index in [9.17, 15) is 0 Å². The number of nitrogens with zero attached hydrogens (tertiary/aromatic N) is 2. The van der Waals surface area contributed by atoms with E-state index in [1.54, 1.807) is 0 Å². The van der Waals surface area contributed by atoms with Gasteiger partial charge in [-0.05, 0) is 217 Å². The third-order valence-electron chi connectivity index (χ3n) is 28.2. The Morgan fingerprint density at radius 2 is 0.388 bits per heavy atom. The number of hydrogen-bond acceptors (Lipinski definition) is 4. The Morgan fingerprint density at radius 3 is 0.754 bits per heavy atom. The lowest BCUT2D eigenvalue weighted by Crippen LogP contribution is -1.99. The van der Waals surface area contributed by atoms with Gasteiger partial charge in [-0.25, -0.2) is 0 Å². The van der Waals surface area contributed by atoms with Gasteiger partial charge >= 0.3 is 0 Å². The van der Waals surface area contributed by atoms with Crippen molar-refractivity contribution < 1.29 is 0 Å². The Balaban J connectivity index is 0.000000137. The smallest absolute Gasteiger partial charge is 0.0619 e. The van der Waals surface area contributed by atoms with Crippen molar-refractivity contribution in [3.63, 3.8) is 0 Å². The summed E-state index contributed by atoms with van der Waals surface area (Å²) in [5, 5.41) is 28.1. The number of fused-ring (bicyclic) bond motifs is 23. The molecule has 622 valence electrons. The summed E-state index contributed by atoms with van der Waals surface area (Å²) in [6.07, 6.45) is 0. The zero-order valence-electron chi connectivity index (χ0n) is 72.4. The van der Waals surface area contributed by atoms with Crippen molar-refractivity contribution in [2.24, 2.45) is 0 Å². The number of hydrogen-bond donors (Lipinski definition) is 0. The van der Waals surface area contributed by atoms with Crippen molar-refractivity contribution in [2.45, 2.75) is 0 Å². The summed E-state index contributed by atoms with van der Waals surface area (Å²) in [4.78, 5) is 0. The lowest BCUT2D eigenvalue weighted by atomic mass is 9.85. The van der Waals surface area contributed by atoms with Crippen LogP contribution >= 0.6 is 45.3 Å². The quantitative estimate of drug-likeness (QED) is 0.121. The van der Waals surface area contributed by atoms with Crippen LogP contribution in [0.3, 0.4) is 0 Å². The van der Waals surface area contributed by atoms with Gasteiger partial charge in [0, 0.05) is 119 Å². The number of rotatable bonds is 10. The standard InChI is InChI=1S/C72H43NS2.C56H33NS2/c1-2-16-51-44(14-1)15-11-23-52(51)45-30-32-46(33-31-45)69-57-19-3-5-21-59(57)70(60-22-6-4-20-58(60)69)47-34-38-50(39-35-47)73-65-40-36-48(53-24-12-26-61-55-17-7-9-28-67(55)74-71(53)61)42-63(65)64-43-49(37-41-66(64)73)54-25-13-27-62-56-18-8-10-29-68(56)75-72(54)62;1-2-14-34(15-3-1)53-41-18-4-6-20-43(41)54(44-21-7-5-19-42(44)53)57-49-30-28-35(37-22-12-24-45-39-16-8-10-26-51(39)58-55(37)45)32-47(49)48-33-36(29-31-50(48)57)38-23-13-25-46-40-17-9-11-27-52(40)59-56(38)46/h1-43H;1-33H. The lowest BCUT2D eigenvalue weighted by molar-refractivity contribution is 1.18. The number of thiophene rings is 4. The minimum atomic E-state index is 1.13. The van der Waals surface area contributed by atoms with Gasteiger partial charge in [0.05, 0.1) is 27.8 Å². The van der Waals surface area contributed by atoms with Gasteiger partial charge < -0.3 is 9.13 Å². The summed E-state index contributed by atoms with van der Waals surface area (Å²) in [5.74, 6) is 0. The van der Waals surface area contributed by atoms with Crippen LogP contribution in [0.4, 0.5) is 0 Å². The maximum atomic E-state index is 2.55. The zero-order valence-corrected chi connectivity index (χ0v) is 75.7. The van der Waals surface area contributed by atoms with Gasteiger partial charge in [0.1, 0.15) is 0 Å². The Bertz CT molecular complexity index is 9500. The molecule has 6 aromatic heterocycles. The molecule has 0 aliphatic heterocycles. The van der Waals surface area contributed by atoms with Crippen LogP contribution in [-0.2, 0) is 0 Å². The third kappa shape index (κ3) is 12.0. The van der Waals surface area contributed by atoms with E-state index >= 15 is 0 Å². The molecule has 29 aromatic rings. The molecular formula is C128H76N2S4. The summed E-state index contributed by atoms with van der Waals surface area (Å²) >= 11 is 7.57. The fourth-order valence-electron chi connectivity index (χ4n) is 22.2. The SMILES string of the molecule is c1ccc(-c2c3ccccc3c(-n3c4ccc(-c5cccc6c5sc5ccccc56)cc4c4cc(-c5cccc6c5sc5ccccc56)ccc43)c3ccccc23)cc1.c1ccc2c(-c3ccc(-c4c5ccccc5c(-c5ccc(-n6c7ccc(-c8cccc9c8sc8ccccc89)cc7c7cc(-c8cccc9c8sc8ccccc89)ccc76)cc5)c5ccccc45)cc3)cccc2c1. The van der Waals surface area contributed by atoms with Crippen LogP contribution in [-0.4, -0.2) is 9.13 Å². The monoisotopic (exact) mass is 1770 g/mol. The second-order valence-corrected chi connectivity index (χ2v) is 39.6. The highest BCUT2D eigenvalue weighted by Crippen LogP contribution is 2.53. The van der Waals surface area contributed by atoms with Gasteiger partial charge in [-0.2, -0.15) is 0 Å². The maximum absolute atomic E-state index is 2.55. The van der Waals surface area contributed by atoms with E-state index in [-0.39, 0.29) is 0 Å². The van der Waals surface area contributed by atoms with Crippen LogP contribution in [0.1, 0.15) is 0 Å². The molecule has 0 aliphatic carbocycles. The predicted octanol–water partition coefficient (Wildman–Crippen LogP) is 38.1. The Hall–Kier alpha value is -16.2. The van der Waals surface area contributed by atoms with Crippen LogP contribution in [0.15, 0.2) is 461 Å². The first-order chi connectivity index (χ1) is 66.5. The first-order valence-corrected chi connectivity index (χ1v) is 49.2. The molecule has 0 fully saturated rings. The minimum Gasteiger partial charge on any atom is -0.309 e. The fraction of sp³-hybridized carbons (Fsp3) is 0. The molecule has 0 unspecified atom stereocenters. The summed E-state index contributed by atoms with van der Waals surface area (Å²) in [7, 11) is 0. The summed E-state index contributed by atoms with van der Waals surface area (Å²) in [6, 6.07) is 172. The molecule has 0 saturated carbocycles. The predicted molar refractivity (Wildman–Crippen MR) is 584 cm³/mol. The Kier molecular flexibility index (Phi) is 17.6. The molecule has 0 atom stereocenters. The normalized spacial score (nSPS) is 12.0. The van der Waals surface area contributed by atoms with E-state index in [1.165, 1.54) is 273 Å². The van der Waals surface area contributed by atoms with Crippen molar-refractivity contribution in [2.75, 3.05) is 0 Å². The van der Waals surface area contributed by atoms with Crippen molar-refractivity contribution in [1.29, 1.82) is 0 Å². The molecule has 0 N–H and O–H groups in total. The molecule has 0 saturated heterocycles. The Labute approximate surface area is 787 Å². The summed E-state index contributed by atoms with van der Waals surface area (Å²) in [5.41, 5.74) is 27.1. The van der Waals surface area contributed by atoms with E-state index in [4.69, 9.17) is 0 Å². The molecule has 0 radical (unpaired) electrons. The molecule has 23 aromatic carbocycles. The molecule has 0 spiro atoms. The fourth-order valence-corrected chi connectivity index (χ4v) is 27.2. The zero-order chi connectivity index (χ0) is 87.7. The van der Waals surface area contributed by atoms with Crippen LogP contribution in [0, 0.1) is 0 Å². The molecule has 2 nitrogen and oxygen atoms in total. The molecule has 29 rings (SSSR count). The minimum absolute atomic E-state index is 1.13. The summed E-state index contributed by atoms with van der Waals surface area (Å²) in [6.45, 7) is 0. The highest BCUT2D eigenvalue weighted by Gasteiger charge is 2.27. The van der Waals surface area contributed by atoms with Crippen LogP contribution in [0.2, 0.25) is 0 Å². The van der Waals surface area contributed by atoms with Crippen LogP contribution < -0.4 is 0 Å². The van der Waals surface area contributed by atoms with Crippen molar-refractivity contribution in [1.82, 2.24) is 9.13 Å². The van der Waals surface area contributed by atoms with E-state index in [2.05, 4.69) is 470 Å². The third-order valence-corrected chi connectivity index (χ3v) is 33.1. The maximum Gasteiger partial charge on any atom is 0.0619 e. The van der Waals surface area contributed by atoms with Gasteiger partial charge in [-0.15, -0.1) is 45.3 Å². The summed E-state index contributed by atoms with van der Waals surface area (Å²) < 4.78 is 15.7. The van der Waals surface area contributed by atoms with Crippen LogP contribution in [0.25, 0.3) is 279 Å². The van der Waals surface area contributed by atoms with Crippen molar-refractivity contribution in [3.8, 4) is 100 Å². The van der Waals surface area contributed by atoms with Crippen molar-refractivity contribution in [3.05, 3.63) is 461 Å². The van der Waals surface area contributed by atoms with Crippen LogP contribution in [0.5, 0.6) is 0 Å². The van der Waals surface area contributed by atoms with E-state index < -0.39 is 0 Å². The lowest BCUT2D eigenvalue weighted by Gasteiger charge is -2.19. The topological polar surface area (TPSA) is 9.86 Å². The first kappa shape index (κ1) is 76.7.